The van der Waals surface area contributed by atoms with Gasteiger partial charge in [0.2, 0.25) is 17.8 Å². The fraction of sp³-hybridized carbons (Fsp3) is 0. The molecule has 0 N–H and O–H groups in total. The minimum Gasteiger partial charge on any atom is -0.309 e. The summed E-state index contributed by atoms with van der Waals surface area (Å²) in [6, 6.07) is 161. The number of hydrogen-bond donors (Lipinski definition) is 0. The predicted molar refractivity (Wildman–Crippen MR) is 575 cm³/mol. The van der Waals surface area contributed by atoms with E-state index in [1.54, 1.807) is 0 Å². The molecule has 21 aromatic carbocycles. The largest absolute Gasteiger partial charge is 0.309 e. The van der Waals surface area contributed by atoms with E-state index in [1.165, 1.54) is 47.1 Å². The zero-order valence-corrected chi connectivity index (χ0v) is 74.8. The Balaban J connectivity index is 0.596. The Hall–Kier alpha value is -18.4. The zero-order valence-electron chi connectivity index (χ0n) is 74.0. The molecule has 138 heavy (non-hydrogen) atoms. The number of fused-ring (bicyclic) bond motifs is 31. The highest BCUT2D eigenvalue weighted by Gasteiger charge is 2.31. The van der Waals surface area contributed by atoms with Crippen molar-refractivity contribution in [1.29, 1.82) is 0 Å². The number of nitrogens with zero attached hydrogens (tertiary/aromatic N) is 11. The maximum atomic E-state index is 5.72. The van der Waals surface area contributed by atoms with Crippen molar-refractivity contribution in [2.75, 3.05) is 0 Å². The monoisotopic (exact) mass is 1770 g/mol. The van der Waals surface area contributed by atoms with Gasteiger partial charge in [0.25, 0.3) is 0 Å². The van der Waals surface area contributed by atoms with Crippen LogP contribution in [0, 0.1) is 0 Å². The van der Waals surface area contributed by atoms with Crippen molar-refractivity contribution in [3.05, 3.63) is 443 Å². The Morgan fingerprint density at radius 2 is 0.529 bits per heavy atom. The summed E-state index contributed by atoms with van der Waals surface area (Å²) in [5, 5.41) is 23.7. The molecule has 0 aliphatic carbocycles. The summed E-state index contributed by atoms with van der Waals surface area (Å²) in [7, 11) is 0. The van der Waals surface area contributed by atoms with E-state index in [-0.39, 0.29) is 0 Å². The Morgan fingerprint density at radius 3 is 1.09 bits per heavy atom. The molecule has 0 atom stereocenters. The van der Waals surface area contributed by atoms with E-state index in [0.717, 1.165) is 226 Å². The fourth-order valence-electron chi connectivity index (χ4n) is 22.8. The number of rotatable bonds is 11. The first kappa shape index (κ1) is 76.2. The average molecular weight is 1770 g/mol. The second-order valence-corrected chi connectivity index (χ2v) is 37.3. The van der Waals surface area contributed by atoms with Crippen molar-refractivity contribution in [3.8, 4) is 96.4 Å². The average Bonchev–Trinajstić information content (AvgIpc) is 1.51. The summed E-state index contributed by atoms with van der Waals surface area (Å²) >= 11 is 1.85. The first-order valence-corrected chi connectivity index (χ1v) is 47.7. The third-order valence-electron chi connectivity index (χ3n) is 28.8. The zero-order chi connectivity index (χ0) is 90.1. The molecule has 0 saturated heterocycles. The summed E-state index contributed by atoms with van der Waals surface area (Å²) in [5.41, 5.74) is 27.7. The molecule has 0 amide bonds. The second kappa shape index (κ2) is 29.6. The first-order valence-electron chi connectivity index (χ1n) is 46.9. The van der Waals surface area contributed by atoms with Crippen LogP contribution < -0.4 is 0 Å². The number of para-hydroxylation sites is 6. The topological polar surface area (TPSA) is 102 Å². The number of thiophene rings is 1. The molecule has 30 aromatic rings. The van der Waals surface area contributed by atoms with Gasteiger partial charge in [0.1, 0.15) is 0 Å². The number of aromatic nitrogens is 11. The van der Waals surface area contributed by atoms with Gasteiger partial charge in [-0.15, -0.1) is 11.3 Å². The predicted octanol–water partition coefficient (Wildman–Crippen LogP) is 32.8. The molecule has 0 saturated carbocycles. The van der Waals surface area contributed by atoms with Gasteiger partial charge in [0.05, 0.1) is 93.5 Å². The molecule has 0 spiro atoms. The summed E-state index contributed by atoms with van der Waals surface area (Å²) in [6.45, 7) is 0. The minimum atomic E-state index is 0.592. The third kappa shape index (κ3) is 11.2. The molecule has 11 nitrogen and oxygen atoms in total. The molecule has 0 radical (unpaired) electrons. The minimum absolute atomic E-state index is 0.592. The molecule has 12 heteroatoms. The highest BCUT2D eigenvalue weighted by atomic mass is 32.1. The van der Waals surface area contributed by atoms with Crippen LogP contribution in [0.25, 0.3) is 291 Å². The van der Waals surface area contributed by atoms with E-state index >= 15 is 0 Å². The molecule has 0 aliphatic rings. The maximum Gasteiger partial charge on any atom is 0.235 e. The molecule has 0 aliphatic heterocycles. The van der Waals surface area contributed by atoms with Crippen molar-refractivity contribution in [2.45, 2.75) is 0 Å². The lowest BCUT2D eigenvalue weighted by atomic mass is 9.97. The highest BCUT2D eigenvalue weighted by Crippen LogP contribution is 2.53. The lowest BCUT2D eigenvalue weighted by Crippen LogP contribution is -2.04. The van der Waals surface area contributed by atoms with Crippen LogP contribution in [0.4, 0.5) is 0 Å². The fourth-order valence-corrected chi connectivity index (χ4v) is 24.1. The van der Waals surface area contributed by atoms with E-state index in [9.17, 15) is 0 Å². The quantitative estimate of drug-likeness (QED) is 0.120. The third-order valence-corrected chi connectivity index (χ3v) is 30.0. The van der Waals surface area contributed by atoms with E-state index < -0.39 is 0 Å². The summed E-state index contributed by atoms with van der Waals surface area (Å²) in [5.74, 6) is 1.82. The molecule has 30 rings (SSSR count). The van der Waals surface area contributed by atoms with Crippen molar-refractivity contribution >= 4 is 206 Å². The maximum absolute atomic E-state index is 5.72. The van der Waals surface area contributed by atoms with Crippen molar-refractivity contribution in [2.24, 2.45) is 0 Å². The van der Waals surface area contributed by atoms with Gasteiger partial charge in [-0.1, -0.05) is 340 Å². The highest BCUT2D eigenvalue weighted by molar-refractivity contribution is 7.27. The standard InChI is InChI=1S/C126H73N11S/c1-6-31-75(32-7-1)116-93-46-22-26-50-102(93)127-124(129-116)135-107-67-60-79(69-101(107)88-62-56-82(71-109(88)135)83-58-64-98-111(73-83)138-123-113(98)90-43-19-18-42-89(90)112-95-48-24-29-53-105(95)136(122(112)123)126-131-118(77-35-10-3-11-36-77)99-65-54-74-30-16-17-41-86(74)119(99)132-126)78-59-66-106-100(68-78)87-61-55-80(70-108(87)133(106)84-37-12-4-13-38-84)81-57-63-97-110(72-81)137(125-128-103-51-27-23-47-94(103)117(130-125)76-33-8-2-9-34-76)121-92-45-21-20-44-91(92)120-114(115(97)121)96-49-25-28-52-104(96)134(120)85-39-14-5-15-40-85/h1-73H. The van der Waals surface area contributed by atoms with Crippen LogP contribution in [0.15, 0.2) is 443 Å². The number of benzene rings is 21. The smallest absolute Gasteiger partial charge is 0.235 e. The first-order chi connectivity index (χ1) is 68.5. The Bertz CT molecular complexity index is 10500. The molecule has 9 aromatic heterocycles. The lowest BCUT2D eigenvalue weighted by Gasteiger charge is -2.14. The van der Waals surface area contributed by atoms with Crippen LogP contribution >= 0.6 is 11.3 Å². The van der Waals surface area contributed by atoms with Gasteiger partial charge < -0.3 is 9.13 Å². The normalized spacial score (nSPS) is 12.2. The van der Waals surface area contributed by atoms with Crippen LogP contribution in [0.1, 0.15) is 0 Å². The van der Waals surface area contributed by atoms with E-state index in [0.29, 0.717) is 17.8 Å². The van der Waals surface area contributed by atoms with Gasteiger partial charge in [0.15, 0.2) is 0 Å². The van der Waals surface area contributed by atoms with Crippen molar-refractivity contribution in [1.82, 2.24) is 52.7 Å². The van der Waals surface area contributed by atoms with E-state index in [2.05, 4.69) is 466 Å². The Kier molecular flexibility index (Phi) is 16.3. The summed E-state index contributed by atoms with van der Waals surface area (Å²) in [4.78, 5) is 33.9. The van der Waals surface area contributed by atoms with E-state index in [1.807, 2.05) is 11.3 Å². The van der Waals surface area contributed by atoms with Gasteiger partial charge >= 0.3 is 0 Å². The van der Waals surface area contributed by atoms with Crippen LogP contribution in [0.5, 0.6) is 0 Å². The lowest BCUT2D eigenvalue weighted by molar-refractivity contribution is 1.01. The van der Waals surface area contributed by atoms with Gasteiger partial charge in [-0.25, -0.2) is 29.9 Å². The molecule has 0 unspecified atom stereocenters. The summed E-state index contributed by atoms with van der Waals surface area (Å²) in [6.07, 6.45) is 0. The molecular weight excluding hydrogens is 1700 g/mol. The molecule has 0 bridgehead atoms. The van der Waals surface area contributed by atoms with Crippen LogP contribution in [0.3, 0.4) is 0 Å². The van der Waals surface area contributed by atoms with Crippen LogP contribution in [-0.4, -0.2) is 52.7 Å². The molecule has 9 heterocycles. The number of hydrogen-bond acceptors (Lipinski definition) is 7. The Labute approximate surface area is 791 Å². The Morgan fingerprint density at radius 1 is 0.174 bits per heavy atom. The van der Waals surface area contributed by atoms with Crippen molar-refractivity contribution in [3.63, 3.8) is 0 Å². The van der Waals surface area contributed by atoms with Gasteiger partial charge in [-0.3, -0.25) is 13.7 Å². The molecule has 0 fully saturated rings. The van der Waals surface area contributed by atoms with Crippen LogP contribution in [-0.2, 0) is 0 Å². The summed E-state index contributed by atoms with van der Waals surface area (Å²) < 4.78 is 14.3. The van der Waals surface area contributed by atoms with E-state index in [4.69, 9.17) is 29.9 Å². The van der Waals surface area contributed by atoms with Crippen LogP contribution in [0.2, 0.25) is 0 Å². The van der Waals surface area contributed by atoms with Gasteiger partial charge in [-0.2, -0.15) is 0 Å². The molecule has 638 valence electrons. The second-order valence-electron chi connectivity index (χ2n) is 36.3. The SMILES string of the molecule is c1ccc(-c2nc(-n3c4ccc(-c5ccc6c(c5)c5ccc(-c7ccc8c9c%10c%11ccccc%11n(-c%11ccccc%11)c%10c%10ccccc%10c9n(-c9nc(-c%10ccccc%10)c%10ccccc%10n9)c8c7)cc5n6-c5ccccc5)cc4c4ccc(-c5ccc6c(c5)sc5c6c6ccccc6c6c7ccccc7n(-c7nc(-c8ccccc8)c8ccc9ccccc9c8n7)c56)cc43)nc3ccccc23)cc1. The van der Waals surface area contributed by atoms with Gasteiger partial charge in [-0.05, 0) is 153 Å². The molecular formula is C126H73N11S. The van der Waals surface area contributed by atoms with Crippen molar-refractivity contribution < 1.29 is 0 Å². The van der Waals surface area contributed by atoms with Gasteiger partial charge in [0, 0.05) is 130 Å².